The van der Waals surface area contributed by atoms with Gasteiger partial charge in [-0.2, -0.15) is 0 Å². The Balaban J connectivity index is 2.89. The Labute approximate surface area is 95.6 Å². The summed E-state index contributed by atoms with van der Waals surface area (Å²) in [6, 6.07) is 5.45. The van der Waals surface area contributed by atoms with Gasteiger partial charge in [-0.3, -0.25) is 0 Å². The van der Waals surface area contributed by atoms with Crippen LogP contribution >= 0.6 is 11.6 Å². The van der Waals surface area contributed by atoms with Crippen molar-refractivity contribution < 1.29 is 4.74 Å². The summed E-state index contributed by atoms with van der Waals surface area (Å²) in [6.07, 6.45) is 0. The van der Waals surface area contributed by atoms with Crippen molar-refractivity contribution in [1.82, 2.24) is 0 Å². The van der Waals surface area contributed by atoms with E-state index >= 15 is 0 Å². The predicted octanol–water partition coefficient (Wildman–Crippen LogP) is 2.76. The summed E-state index contributed by atoms with van der Waals surface area (Å²) in [6.45, 7) is 4.64. The zero-order chi connectivity index (χ0) is 11.5. The van der Waals surface area contributed by atoms with Crippen molar-refractivity contribution >= 4 is 23.0 Å². The standard InChI is InChI=1S/C11H17ClN2O/c1-11(2,7-15-3)14-10-8(12)5-4-6-9(10)13/h4-6,14H,7,13H2,1-3H3. The number of nitrogens with one attached hydrogen (secondary N) is 1. The molecule has 15 heavy (non-hydrogen) atoms. The van der Waals surface area contributed by atoms with Crippen LogP contribution in [0.5, 0.6) is 0 Å². The number of hydrogen-bond donors (Lipinski definition) is 2. The number of methoxy groups -OCH3 is 1. The molecule has 0 aliphatic heterocycles. The topological polar surface area (TPSA) is 47.3 Å². The number of anilines is 2. The number of rotatable bonds is 4. The van der Waals surface area contributed by atoms with Crippen molar-refractivity contribution in [3.8, 4) is 0 Å². The van der Waals surface area contributed by atoms with Crippen LogP contribution in [-0.2, 0) is 4.74 Å². The number of benzene rings is 1. The Morgan fingerprint density at radius 1 is 1.47 bits per heavy atom. The van der Waals surface area contributed by atoms with E-state index in [0.29, 0.717) is 17.3 Å². The SMILES string of the molecule is COCC(C)(C)Nc1c(N)cccc1Cl. The minimum absolute atomic E-state index is 0.201. The number of hydrogen-bond acceptors (Lipinski definition) is 3. The first kappa shape index (κ1) is 12.1. The van der Waals surface area contributed by atoms with Gasteiger partial charge in [-0.05, 0) is 26.0 Å². The molecule has 0 aliphatic rings. The summed E-state index contributed by atoms with van der Waals surface area (Å²) >= 11 is 6.05. The van der Waals surface area contributed by atoms with Gasteiger partial charge in [0.05, 0.1) is 28.5 Å². The largest absolute Gasteiger partial charge is 0.397 e. The van der Waals surface area contributed by atoms with Crippen molar-refractivity contribution in [3.63, 3.8) is 0 Å². The van der Waals surface area contributed by atoms with Crippen LogP contribution in [0, 0.1) is 0 Å². The van der Waals surface area contributed by atoms with Crippen molar-refractivity contribution in [2.24, 2.45) is 0 Å². The van der Waals surface area contributed by atoms with Crippen LogP contribution in [0.3, 0.4) is 0 Å². The Morgan fingerprint density at radius 2 is 2.13 bits per heavy atom. The third-order valence-corrected chi connectivity index (χ3v) is 2.33. The first-order valence-corrected chi connectivity index (χ1v) is 5.15. The normalized spacial score (nSPS) is 11.5. The van der Waals surface area contributed by atoms with Crippen LogP contribution < -0.4 is 11.1 Å². The highest BCUT2D eigenvalue weighted by Gasteiger charge is 2.19. The molecular formula is C11H17ClN2O. The molecule has 0 unspecified atom stereocenters. The monoisotopic (exact) mass is 228 g/mol. The van der Waals surface area contributed by atoms with Gasteiger partial charge >= 0.3 is 0 Å². The van der Waals surface area contributed by atoms with Gasteiger partial charge in [-0.1, -0.05) is 17.7 Å². The van der Waals surface area contributed by atoms with E-state index in [1.54, 1.807) is 7.11 Å². The van der Waals surface area contributed by atoms with Crippen LogP contribution in [-0.4, -0.2) is 19.3 Å². The maximum atomic E-state index is 6.05. The van der Waals surface area contributed by atoms with E-state index in [-0.39, 0.29) is 5.54 Å². The lowest BCUT2D eigenvalue weighted by Crippen LogP contribution is -2.36. The lowest BCUT2D eigenvalue weighted by molar-refractivity contribution is 0.158. The molecule has 84 valence electrons. The Kier molecular flexibility index (Phi) is 3.83. The molecule has 4 heteroatoms. The summed E-state index contributed by atoms with van der Waals surface area (Å²) in [4.78, 5) is 0. The van der Waals surface area contributed by atoms with Gasteiger partial charge < -0.3 is 15.8 Å². The van der Waals surface area contributed by atoms with E-state index in [4.69, 9.17) is 22.1 Å². The maximum Gasteiger partial charge on any atom is 0.0768 e. The van der Waals surface area contributed by atoms with Crippen molar-refractivity contribution in [1.29, 1.82) is 0 Å². The van der Waals surface area contributed by atoms with Crippen LogP contribution in [0.25, 0.3) is 0 Å². The van der Waals surface area contributed by atoms with Gasteiger partial charge in [0.1, 0.15) is 0 Å². The molecule has 1 aromatic carbocycles. The zero-order valence-corrected chi connectivity index (χ0v) is 10.1. The minimum atomic E-state index is -0.201. The molecule has 0 saturated carbocycles. The molecule has 0 aliphatic carbocycles. The van der Waals surface area contributed by atoms with E-state index in [1.165, 1.54) is 0 Å². The van der Waals surface area contributed by atoms with E-state index < -0.39 is 0 Å². The summed E-state index contributed by atoms with van der Waals surface area (Å²) in [7, 11) is 1.67. The van der Waals surface area contributed by atoms with E-state index in [0.717, 1.165) is 5.69 Å². The van der Waals surface area contributed by atoms with Crippen LogP contribution in [0.4, 0.5) is 11.4 Å². The van der Waals surface area contributed by atoms with Crippen molar-refractivity contribution in [2.45, 2.75) is 19.4 Å². The van der Waals surface area contributed by atoms with Crippen LogP contribution in [0.2, 0.25) is 5.02 Å². The molecule has 0 amide bonds. The molecular weight excluding hydrogens is 212 g/mol. The molecule has 0 aromatic heterocycles. The van der Waals surface area contributed by atoms with E-state index in [2.05, 4.69) is 5.32 Å². The van der Waals surface area contributed by atoms with Crippen LogP contribution in [0.15, 0.2) is 18.2 Å². The molecule has 0 heterocycles. The summed E-state index contributed by atoms with van der Waals surface area (Å²) in [5.41, 5.74) is 7.05. The second-order valence-corrected chi connectivity index (χ2v) is 4.55. The van der Waals surface area contributed by atoms with Gasteiger partial charge in [0.15, 0.2) is 0 Å². The lowest BCUT2D eigenvalue weighted by atomic mass is 10.1. The third-order valence-electron chi connectivity index (χ3n) is 2.01. The fraction of sp³-hybridized carbons (Fsp3) is 0.455. The van der Waals surface area contributed by atoms with Crippen molar-refractivity contribution in [2.75, 3.05) is 24.8 Å². The molecule has 0 bridgehead atoms. The number of nitrogens with two attached hydrogens (primary N) is 1. The highest BCUT2D eigenvalue weighted by Crippen LogP contribution is 2.30. The predicted molar refractivity (Wildman–Crippen MR) is 65.4 cm³/mol. The third kappa shape index (κ3) is 3.29. The first-order valence-electron chi connectivity index (χ1n) is 4.77. The molecule has 0 atom stereocenters. The number of nitrogen functional groups attached to an aromatic ring is 1. The number of ether oxygens (including phenoxy) is 1. The molecule has 3 N–H and O–H groups in total. The van der Waals surface area contributed by atoms with Gasteiger partial charge in [0, 0.05) is 7.11 Å². The van der Waals surface area contributed by atoms with Crippen molar-refractivity contribution in [3.05, 3.63) is 23.2 Å². The van der Waals surface area contributed by atoms with Gasteiger partial charge in [-0.15, -0.1) is 0 Å². The first-order chi connectivity index (χ1) is 6.96. The average Bonchev–Trinajstić information content (AvgIpc) is 2.11. The molecule has 1 aromatic rings. The molecule has 0 spiro atoms. The molecule has 0 fully saturated rings. The van der Waals surface area contributed by atoms with E-state index in [9.17, 15) is 0 Å². The van der Waals surface area contributed by atoms with Gasteiger partial charge in [0.2, 0.25) is 0 Å². The molecule has 1 rings (SSSR count). The van der Waals surface area contributed by atoms with Crippen LogP contribution in [0.1, 0.15) is 13.8 Å². The quantitative estimate of drug-likeness (QED) is 0.780. The fourth-order valence-corrected chi connectivity index (χ4v) is 1.64. The highest BCUT2D eigenvalue weighted by atomic mass is 35.5. The second-order valence-electron chi connectivity index (χ2n) is 4.15. The highest BCUT2D eigenvalue weighted by molar-refractivity contribution is 6.33. The molecule has 0 radical (unpaired) electrons. The zero-order valence-electron chi connectivity index (χ0n) is 9.30. The number of halogens is 1. The molecule has 3 nitrogen and oxygen atoms in total. The Hall–Kier alpha value is -0.930. The Morgan fingerprint density at radius 3 is 2.67 bits per heavy atom. The lowest BCUT2D eigenvalue weighted by Gasteiger charge is -2.27. The summed E-state index contributed by atoms with van der Waals surface area (Å²) in [5.74, 6) is 0. The maximum absolute atomic E-state index is 6.05. The smallest absolute Gasteiger partial charge is 0.0768 e. The number of para-hydroxylation sites is 1. The fourth-order valence-electron chi connectivity index (χ4n) is 1.41. The Bertz CT molecular complexity index is 319. The molecule has 0 saturated heterocycles. The second kappa shape index (κ2) is 4.73. The van der Waals surface area contributed by atoms with Gasteiger partial charge in [0.25, 0.3) is 0 Å². The minimum Gasteiger partial charge on any atom is -0.397 e. The summed E-state index contributed by atoms with van der Waals surface area (Å²) < 4.78 is 5.11. The van der Waals surface area contributed by atoms with Gasteiger partial charge in [-0.25, -0.2) is 0 Å². The summed E-state index contributed by atoms with van der Waals surface area (Å²) in [5, 5.41) is 3.90. The average molecular weight is 229 g/mol. The van der Waals surface area contributed by atoms with E-state index in [1.807, 2.05) is 32.0 Å².